The Balaban J connectivity index is 3.33. The first-order valence-electron chi connectivity index (χ1n) is 4.45. The number of rotatable bonds is 4. The topological polar surface area (TPSA) is 55.4 Å². The van der Waals surface area contributed by atoms with E-state index >= 15 is 0 Å². The maximum Gasteiger partial charge on any atom is 0.242 e. The number of ether oxygens (including phenoxy) is 1. The average Bonchev–Trinajstić information content (AvgIpc) is 2.21. The van der Waals surface area contributed by atoms with Crippen LogP contribution in [0.2, 0.25) is 10.0 Å². The molecular weight excluding hydrogens is 273 g/mol. The largest absolute Gasteiger partial charge is 0.495 e. The molecule has 0 saturated heterocycles. The van der Waals surface area contributed by atoms with Crippen molar-refractivity contribution in [3.63, 3.8) is 0 Å². The monoisotopic (exact) mass is 283 g/mol. The molecule has 0 bridgehead atoms. The first-order chi connectivity index (χ1) is 7.44. The second kappa shape index (κ2) is 5.23. The zero-order valence-corrected chi connectivity index (χ0v) is 11.1. The first kappa shape index (κ1) is 13.6. The molecule has 0 heterocycles. The molecule has 90 valence electrons. The van der Waals surface area contributed by atoms with E-state index in [9.17, 15) is 8.42 Å². The molecule has 1 N–H and O–H groups in total. The Morgan fingerprint density at radius 2 is 1.94 bits per heavy atom. The van der Waals surface area contributed by atoms with Crippen LogP contribution >= 0.6 is 23.2 Å². The van der Waals surface area contributed by atoms with Gasteiger partial charge in [0, 0.05) is 6.54 Å². The highest BCUT2D eigenvalue weighted by Crippen LogP contribution is 2.36. The lowest BCUT2D eigenvalue weighted by atomic mass is 10.3. The van der Waals surface area contributed by atoms with Crippen molar-refractivity contribution in [1.82, 2.24) is 4.72 Å². The quantitative estimate of drug-likeness (QED) is 0.923. The van der Waals surface area contributed by atoms with Crippen LogP contribution in [-0.4, -0.2) is 22.1 Å². The van der Waals surface area contributed by atoms with Crippen molar-refractivity contribution in [2.75, 3.05) is 13.7 Å². The van der Waals surface area contributed by atoms with Crippen LogP contribution < -0.4 is 9.46 Å². The number of nitrogens with one attached hydrogen (secondary N) is 1. The van der Waals surface area contributed by atoms with Crippen LogP contribution in [0.3, 0.4) is 0 Å². The van der Waals surface area contributed by atoms with Crippen LogP contribution in [-0.2, 0) is 10.0 Å². The summed E-state index contributed by atoms with van der Waals surface area (Å²) in [5.41, 5.74) is 0. The highest BCUT2D eigenvalue weighted by atomic mass is 35.5. The lowest BCUT2D eigenvalue weighted by molar-refractivity contribution is 0.414. The molecule has 1 rings (SSSR count). The summed E-state index contributed by atoms with van der Waals surface area (Å²) >= 11 is 11.7. The minimum atomic E-state index is -3.61. The van der Waals surface area contributed by atoms with Gasteiger partial charge in [0.1, 0.15) is 15.7 Å². The van der Waals surface area contributed by atoms with Gasteiger partial charge in [-0.1, -0.05) is 30.1 Å². The van der Waals surface area contributed by atoms with E-state index in [1.165, 1.54) is 19.2 Å². The molecule has 0 aromatic heterocycles. The van der Waals surface area contributed by atoms with Gasteiger partial charge in [0.2, 0.25) is 10.0 Å². The Bertz CT molecular complexity index is 488. The highest BCUT2D eigenvalue weighted by Gasteiger charge is 2.20. The van der Waals surface area contributed by atoms with Gasteiger partial charge in [0.15, 0.2) is 0 Å². The van der Waals surface area contributed by atoms with Gasteiger partial charge in [-0.3, -0.25) is 0 Å². The predicted octanol–water partition coefficient (Wildman–Crippen LogP) is 2.30. The third kappa shape index (κ3) is 2.60. The highest BCUT2D eigenvalue weighted by molar-refractivity contribution is 7.89. The lowest BCUT2D eigenvalue weighted by Gasteiger charge is -2.10. The standard InChI is InChI=1S/C9H11Cl2NO3S/c1-3-12-16(13,14)7-5-4-6(15-2)8(10)9(7)11/h4-5,12H,3H2,1-2H3. The van der Waals surface area contributed by atoms with E-state index in [2.05, 4.69) is 4.72 Å². The molecule has 0 atom stereocenters. The van der Waals surface area contributed by atoms with Crippen molar-refractivity contribution in [2.24, 2.45) is 0 Å². The van der Waals surface area contributed by atoms with E-state index in [1.807, 2.05) is 0 Å². The van der Waals surface area contributed by atoms with Gasteiger partial charge in [-0.25, -0.2) is 13.1 Å². The molecule has 0 unspecified atom stereocenters. The zero-order valence-electron chi connectivity index (χ0n) is 8.75. The molecule has 0 aliphatic heterocycles. The fraction of sp³-hybridized carbons (Fsp3) is 0.333. The average molecular weight is 284 g/mol. The van der Waals surface area contributed by atoms with Gasteiger partial charge < -0.3 is 4.74 Å². The molecule has 4 nitrogen and oxygen atoms in total. The van der Waals surface area contributed by atoms with Gasteiger partial charge in [-0.05, 0) is 12.1 Å². The van der Waals surface area contributed by atoms with Gasteiger partial charge in [0.05, 0.1) is 12.1 Å². The smallest absolute Gasteiger partial charge is 0.242 e. The minimum Gasteiger partial charge on any atom is -0.495 e. The summed E-state index contributed by atoms with van der Waals surface area (Å²) in [5, 5.41) is 0.0464. The summed E-state index contributed by atoms with van der Waals surface area (Å²) in [5.74, 6) is 0.335. The van der Waals surface area contributed by atoms with E-state index in [0.717, 1.165) is 0 Å². The summed E-state index contributed by atoms with van der Waals surface area (Å²) in [7, 11) is -2.18. The molecule has 1 aromatic carbocycles. The van der Waals surface area contributed by atoms with Crippen LogP contribution in [0.1, 0.15) is 6.92 Å². The summed E-state index contributed by atoms with van der Waals surface area (Å²) in [6.07, 6.45) is 0. The molecule has 0 radical (unpaired) electrons. The van der Waals surface area contributed by atoms with Crippen LogP contribution in [0, 0.1) is 0 Å². The van der Waals surface area contributed by atoms with Crippen molar-refractivity contribution in [1.29, 1.82) is 0 Å². The third-order valence-electron chi connectivity index (χ3n) is 1.86. The van der Waals surface area contributed by atoms with Crippen LogP contribution in [0.4, 0.5) is 0 Å². The molecule has 7 heteroatoms. The molecule has 16 heavy (non-hydrogen) atoms. The van der Waals surface area contributed by atoms with Gasteiger partial charge in [-0.15, -0.1) is 0 Å². The Morgan fingerprint density at radius 3 is 2.44 bits per heavy atom. The fourth-order valence-electron chi connectivity index (χ4n) is 1.15. The van der Waals surface area contributed by atoms with Gasteiger partial charge in [-0.2, -0.15) is 0 Å². The normalized spacial score (nSPS) is 11.5. The van der Waals surface area contributed by atoms with E-state index in [0.29, 0.717) is 5.75 Å². The molecule has 0 spiro atoms. The van der Waals surface area contributed by atoms with E-state index in [1.54, 1.807) is 6.92 Å². The summed E-state index contributed by atoms with van der Waals surface area (Å²) in [6, 6.07) is 2.81. The van der Waals surface area contributed by atoms with E-state index < -0.39 is 10.0 Å². The first-order valence-corrected chi connectivity index (χ1v) is 6.69. The van der Waals surface area contributed by atoms with Gasteiger partial charge >= 0.3 is 0 Å². The summed E-state index contributed by atoms with van der Waals surface area (Å²) in [6.45, 7) is 1.96. The Hall–Kier alpha value is -0.490. The number of hydrogen-bond acceptors (Lipinski definition) is 3. The molecule has 0 saturated carbocycles. The fourth-order valence-corrected chi connectivity index (χ4v) is 3.03. The van der Waals surface area contributed by atoms with Crippen molar-refractivity contribution >= 4 is 33.2 Å². The Morgan fingerprint density at radius 1 is 1.31 bits per heavy atom. The molecule has 0 fully saturated rings. The third-order valence-corrected chi connectivity index (χ3v) is 4.42. The number of sulfonamides is 1. The van der Waals surface area contributed by atoms with Crippen LogP contribution in [0.15, 0.2) is 17.0 Å². The second-order valence-electron chi connectivity index (χ2n) is 2.90. The number of hydrogen-bond donors (Lipinski definition) is 1. The van der Waals surface area contributed by atoms with E-state index in [4.69, 9.17) is 27.9 Å². The van der Waals surface area contributed by atoms with Crippen molar-refractivity contribution in [3.8, 4) is 5.75 Å². The van der Waals surface area contributed by atoms with Crippen molar-refractivity contribution in [2.45, 2.75) is 11.8 Å². The molecule has 0 aliphatic rings. The zero-order chi connectivity index (χ0) is 12.3. The number of methoxy groups -OCH3 is 1. The maximum atomic E-state index is 11.7. The molecule has 0 amide bonds. The molecule has 0 aliphatic carbocycles. The predicted molar refractivity (Wildman–Crippen MR) is 63.9 cm³/mol. The Labute approximate surface area is 105 Å². The number of benzene rings is 1. The lowest BCUT2D eigenvalue weighted by Crippen LogP contribution is -2.23. The molecule has 1 aromatic rings. The number of halogens is 2. The van der Waals surface area contributed by atoms with Crippen molar-refractivity contribution < 1.29 is 13.2 Å². The van der Waals surface area contributed by atoms with Crippen molar-refractivity contribution in [3.05, 3.63) is 22.2 Å². The SMILES string of the molecule is CCNS(=O)(=O)c1ccc(OC)c(Cl)c1Cl. The van der Waals surface area contributed by atoms with E-state index in [-0.39, 0.29) is 21.5 Å². The van der Waals surface area contributed by atoms with Crippen LogP contribution in [0.25, 0.3) is 0 Å². The summed E-state index contributed by atoms with van der Waals surface area (Å²) in [4.78, 5) is -0.0539. The molecular formula is C9H11Cl2NO3S. The minimum absolute atomic E-state index is 0.0398. The Kier molecular flexibility index (Phi) is 4.43. The van der Waals surface area contributed by atoms with Crippen LogP contribution in [0.5, 0.6) is 5.75 Å². The second-order valence-corrected chi connectivity index (χ2v) is 5.39. The summed E-state index contributed by atoms with van der Waals surface area (Å²) < 4.78 is 30.7. The van der Waals surface area contributed by atoms with Gasteiger partial charge in [0.25, 0.3) is 0 Å². The maximum absolute atomic E-state index is 11.7.